The van der Waals surface area contributed by atoms with Crippen LogP contribution < -0.4 is 10.1 Å². The second-order valence-electron chi connectivity index (χ2n) is 5.16. The molecule has 1 aliphatic heterocycles. The van der Waals surface area contributed by atoms with Gasteiger partial charge in [-0.3, -0.25) is 9.59 Å². The second-order valence-corrected chi connectivity index (χ2v) is 5.95. The molecule has 1 aromatic rings. The summed E-state index contributed by atoms with van der Waals surface area (Å²) in [5.41, 5.74) is 0.697. The first-order chi connectivity index (χ1) is 8.91. The van der Waals surface area contributed by atoms with Crippen LogP contribution in [0.15, 0.2) is 18.2 Å². The predicted molar refractivity (Wildman–Crippen MR) is 77.1 cm³/mol. The first kappa shape index (κ1) is 14.1. The minimum atomic E-state index is -0.467. The number of Topliss-reactive ketones (excluding diaryl/α,β-unsaturated/α-hetero) is 1. The zero-order valence-corrected chi connectivity index (χ0v) is 12.5. The Morgan fingerprint density at radius 2 is 2.21 bits per heavy atom. The maximum absolute atomic E-state index is 12.1. The van der Waals surface area contributed by atoms with Gasteiger partial charge in [-0.25, -0.2) is 0 Å². The van der Waals surface area contributed by atoms with Gasteiger partial charge in [0.05, 0.1) is 12.0 Å². The molecule has 0 atom stereocenters. The van der Waals surface area contributed by atoms with Crippen molar-refractivity contribution in [2.45, 2.75) is 32.3 Å². The quantitative estimate of drug-likeness (QED) is 0.868. The Labute approximate surface area is 120 Å². The Morgan fingerprint density at radius 3 is 2.89 bits per heavy atom. The van der Waals surface area contributed by atoms with Gasteiger partial charge in [0.25, 0.3) is 0 Å². The molecule has 0 aromatic heterocycles. The Morgan fingerprint density at radius 1 is 1.47 bits per heavy atom. The highest BCUT2D eigenvalue weighted by molar-refractivity contribution is 9.09. The summed E-state index contributed by atoms with van der Waals surface area (Å²) in [6, 6.07) is 5.16. The molecule has 1 N–H and O–H groups in total. The summed E-state index contributed by atoms with van der Waals surface area (Å²) in [5.74, 6) is 0.545. The minimum absolute atomic E-state index is 0.0443. The molecule has 0 unspecified atom stereocenters. The van der Waals surface area contributed by atoms with E-state index in [1.54, 1.807) is 18.2 Å². The molecule has 0 radical (unpaired) electrons. The first-order valence-corrected chi connectivity index (χ1v) is 7.25. The molecule has 0 saturated heterocycles. The third kappa shape index (κ3) is 3.35. The van der Waals surface area contributed by atoms with Gasteiger partial charge in [0.1, 0.15) is 11.4 Å². The van der Waals surface area contributed by atoms with Crippen LogP contribution in [0.1, 0.15) is 37.0 Å². The zero-order valence-electron chi connectivity index (χ0n) is 11.0. The number of rotatable bonds is 3. The lowest BCUT2D eigenvalue weighted by molar-refractivity contribution is -0.115. The fourth-order valence-electron chi connectivity index (χ4n) is 2.04. The van der Waals surface area contributed by atoms with Crippen molar-refractivity contribution in [2.75, 3.05) is 10.6 Å². The van der Waals surface area contributed by atoms with Crippen LogP contribution in [0.3, 0.4) is 0 Å². The van der Waals surface area contributed by atoms with Gasteiger partial charge < -0.3 is 10.1 Å². The van der Waals surface area contributed by atoms with Gasteiger partial charge in [-0.2, -0.15) is 0 Å². The lowest BCUT2D eigenvalue weighted by atomic mass is 9.93. The number of alkyl halides is 1. The van der Waals surface area contributed by atoms with Crippen molar-refractivity contribution >= 4 is 33.3 Å². The van der Waals surface area contributed by atoms with Gasteiger partial charge in [0.2, 0.25) is 5.91 Å². The Kier molecular flexibility index (Phi) is 3.94. The molecule has 4 nitrogen and oxygen atoms in total. The standard InChI is InChI=1S/C14H16BrNO3/c1-14(2)8-11(17)10-7-9(3-4-12(10)19-14)16-13(18)5-6-15/h3-4,7H,5-6,8H2,1-2H3,(H,16,18). The number of ketones is 1. The first-order valence-electron chi connectivity index (χ1n) is 6.13. The van der Waals surface area contributed by atoms with Crippen molar-refractivity contribution < 1.29 is 14.3 Å². The van der Waals surface area contributed by atoms with Crippen LogP contribution in [0.2, 0.25) is 0 Å². The van der Waals surface area contributed by atoms with Gasteiger partial charge in [-0.15, -0.1) is 0 Å². The van der Waals surface area contributed by atoms with E-state index in [4.69, 9.17) is 4.74 Å². The van der Waals surface area contributed by atoms with E-state index in [1.165, 1.54) is 0 Å². The van der Waals surface area contributed by atoms with Crippen LogP contribution in [0.25, 0.3) is 0 Å². The molecule has 19 heavy (non-hydrogen) atoms. The second kappa shape index (κ2) is 5.33. The lowest BCUT2D eigenvalue weighted by Gasteiger charge is -2.31. The average molecular weight is 326 g/mol. The minimum Gasteiger partial charge on any atom is -0.487 e. The van der Waals surface area contributed by atoms with Gasteiger partial charge in [0.15, 0.2) is 5.78 Å². The number of carbonyl (C=O) groups excluding carboxylic acids is 2. The van der Waals surface area contributed by atoms with Gasteiger partial charge in [0, 0.05) is 17.4 Å². The molecule has 102 valence electrons. The summed E-state index contributed by atoms with van der Waals surface area (Å²) in [6.07, 6.45) is 0.743. The van der Waals surface area contributed by atoms with Crippen LogP contribution in [0.4, 0.5) is 5.69 Å². The summed E-state index contributed by atoms with van der Waals surface area (Å²) in [4.78, 5) is 23.6. The van der Waals surface area contributed by atoms with Gasteiger partial charge >= 0.3 is 0 Å². The van der Waals surface area contributed by atoms with Crippen molar-refractivity contribution in [3.05, 3.63) is 23.8 Å². The summed E-state index contributed by atoms with van der Waals surface area (Å²) in [6.45, 7) is 3.78. The van der Waals surface area contributed by atoms with E-state index in [2.05, 4.69) is 21.2 Å². The normalized spacial score (nSPS) is 16.5. The average Bonchev–Trinajstić information content (AvgIpc) is 2.29. The fourth-order valence-corrected chi connectivity index (χ4v) is 2.40. The van der Waals surface area contributed by atoms with Crippen LogP contribution >= 0.6 is 15.9 Å². The molecule has 0 saturated carbocycles. The number of nitrogens with one attached hydrogen (secondary N) is 1. The highest BCUT2D eigenvalue weighted by Gasteiger charge is 2.32. The van der Waals surface area contributed by atoms with Crippen LogP contribution in [0.5, 0.6) is 5.75 Å². The number of hydrogen-bond acceptors (Lipinski definition) is 3. The molecule has 0 spiro atoms. The number of amides is 1. The molecule has 0 aliphatic carbocycles. The van der Waals surface area contributed by atoms with E-state index in [-0.39, 0.29) is 11.7 Å². The monoisotopic (exact) mass is 325 g/mol. The summed E-state index contributed by atoms with van der Waals surface area (Å²) in [7, 11) is 0. The molecule has 0 fully saturated rings. The lowest BCUT2D eigenvalue weighted by Crippen LogP contribution is -2.35. The molecule has 1 amide bonds. The predicted octanol–water partition coefficient (Wildman–Crippen LogP) is 3.15. The van der Waals surface area contributed by atoms with Gasteiger partial charge in [-0.1, -0.05) is 15.9 Å². The highest BCUT2D eigenvalue weighted by atomic mass is 79.9. The largest absolute Gasteiger partial charge is 0.487 e. The highest BCUT2D eigenvalue weighted by Crippen LogP contribution is 2.34. The maximum Gasteiger partial charge on any atom is 0.225 e. The maximum atomic E-state index is 12.1. The van der Waals surface area contributed by atoms with E-state index in [1.807, 2.05) is 13.8 Å². The topological polar surface area (TPSA) is 55.4 Å². The van der Waals surface area contributed by atoms with Gasteiger partial charge in [-0.05, 0) is 32.0 Å². The van der Waals surface area contributed by atoms with Crippen LogP contribution in [0, 0.1) is 0 Å². The number of carbonyl (C=O) groups is 2. The molecule has 0 bridgehead atoms. The number of anilines is 1. The molecule has 1 aromatic carbocycles. The SMILES string of the molecule is CC1(C)CC(=O)c2cc(NC(=O)CCBr)ccc2O1. The molecular formula is C14H16BrNO3. The molecule has 1 heterocycles. The summed E-state index contributed by atoms with van der Waals surface area (Å²) >= 11 is 3.21. The molecule has 1 aliphatic rings. The fraction of sp³-hybridized carbons (Fsp3) is 0.429. The van der Waals surface area contributed by atoms with Crippen molar-refractivity contribution in [3.63, 3.8) is 0 Å². The Hall–Kier alpha value is -1.36. The molecular weight excluding hydrogens is 310 g/mol. The number of benzene rings is 1. The number of halogens is 1. The van der Waals surface area contributed by atoms with Crippen LogP contribution in [-0.2, 0) is 4.79 Å². The molecule has 2 rings (SSSR count). The van der Waals surface area contributed by atoms with Crippen molar-refractivity contribution in [1.82, 2.24) is 0 Å². The van der Waals surface area contributed by atoms with E-state index < -0.39 is 5.60 Å². The van der Waals surface area contributed by atoms with Crippen molar-refractivity contribution in [3.8, 4) is 5.75 Å². The van der Waals surface area contributed by atoms with E-state index in [0.717, 1.165) is 0 Å². The van der Waals surface area contributed by atoms with E-state index >= 15 is 0 Å². The Bertz CT molecular complexity index is 525. The van der Waals surface area contributed by atoms with E-state index in [9.17, 15) is 9.59 Å². The van der Waals surface area contributed by atoms with Crippen molar-refractivity contribution in [2.24, 2.45) is 0 Å². The Balaban J connectivity index is 2.22. The van der Waals surface area contributed by atoms with Crippen molar-refractivity contribution in [1.29, 1.82) is 0 Å². The third-order valence-corrected chi connectivity index (χ3v) is 3.25. The number of hydrogen-bond donors (Lipinski definition) is 1. The summed E-state index contributed by atoms with van der Waals surface area (Å²) < 4.78 is 5.76. The smallest absolute Gasteiger partial charge is 0.225 e. The number of fused-ring (bicyclic) bond motifs is 1. The zero-order chi connectivity index (χ0) is 14.0. The number of ether oxygens (including phenoxy) is 1. The summed E-state index contributed by atoms with van der Waals surface area (Å²) in [5, 5.41) is 3.37. The third-order valence-electron chi connectivity index (χ3n) is 2.86. The van der Waals surface area contributed by atoms with Crippen LogP contribution in [-0.4, -0.2) is 22.6 Å². The molecule has 5 heteroatoms. The van der Waals surface area contributed by atoms with E-state index in [0.29, 0.717) is 35.2 Å².